The van der Waals surface area contributed by atoms with Gasteiger partial charge in [0.15, 0.2) is 0 Å². The molecule has 5 nitrogen and oxygen atoms in total. The fourth-order valence-electron chi connectivity index (χ4n) is 2.79. The Labute approximate surface area is 118 Å². The summed E-state index contributed by atoms with van der Waals surface area (Å²) >= 11 is 0. The number of rotatable bonds is 2. The van der Waals surface area contributed by atoms with E-state index in [9.17, 15) is 0 Å². The Kier molecular flexibility index (Phi) is 3.36. The molecule has 0 bridgehead atoms. The van der Waals surface area contributed by atoms with Gasteiger partial charge in [-0.1, -0.05) is 12.1 Å². The summed E-state index contributed by atoms with van der Waals surface area (Å²) in [6.07, 6.45) is 2.27. The van der Waals surface area contributed by atoms with Gasteiger partial charge in [0.25, 0.3) is 0 Å². The first-order valence-electron chi connectivity index (χ1n) is 6.93. The zero-order chi connectivity index (χ0) is 14.1. The lowest BCUT2D eigenvalue weighted by Crippen LogP contribution is -2.45. The van der Waals surface area contributed by atoms with Gasteiger partial charge in [-0.2, -0.15) is 5.10 Å². The molecule has 2 aromatic rings. The highest BCUT2D eigenvalue weighted by molar-refractivity contribution is 5.75. The third-order valence-corrected chi connectivity index (χ3v) is 3.61. The molecule has 1 saturated heterocycles. The standard InChI is InChI=1S/C15H20N4O/c1-10-8-19(9-11(2)20-10)13-5-3-4-12(6-13)14-7-17-18-15(14)16/h3-7,10-11H,8-9H2,1-2H3,(H3,16,17,18). The number of morpholine rings is 1. The number of nitrogens with one attached hydrogen (secondary N) is 1. The number of anilines is 2. The van der Waals surface area contributed by atoms with E-state index < -0.39 is 0 Å². The Morgan fingerprint density at radius 1 is 1.30 bits per heavy atom. The fraction of sp³-hybridized carbons (Fsp3) is 0.400. The van der Waals surface area contributed by atoms with E-state index in [0.717, 1.165) is 24.2 Å². The van der Waals surface area contributed by atoms with Crippen molar-refractivity contribution in [1.82, 2.24) is 10.2 Å². The van der Waals surface area contributed by atoms with Crippen molar-refractivity contribution >= 4 is 11.5 Å². The number of H-pyrrole nitrogens is 1. The number of nitrogens with zero attached hydrogens (tertiary/aromatic N) is 2. The third kappa shape index (κ3) is 2.49. The summed E-state index contributed by atoms with van der Waals surface area (Å²) in [4.78, 5) is 2.36. The second-order valence-electron chi connectivity index (χ2n) is 5.41. The molecular weight excluding hydrogens is 252 g/mol. The van der Waals surface area contributed by atoms with E-state index in [2.05, 4.69) is 53.2 Å². The van der Waals surface area contributed by atoms with E-state index in [1.807, 2.05) is 0 Å². The monoisotopic (exact) mass is 272 g/mol. The smallest absolute Gasteiger partial charge is 0.126 e. The number of aromatic nitrogens is 2. The minimum absolute atomic E-state index is 0.251. The molecule has 0 spiro atoms. The summed E-state index contributed by atoms with van der Waals surface area (Å²) < 4.78 is 5.78. The van der Waals surface area contributed by atoms with Gasteiger partial charge in [-0.05, 0) is 31.5 Å². The molecule has 1 aromatic heterocycles. The summed E-state index contributed by atoms with van der Waals surface area (Å²) in [7, 11) is 0. The van der Waals surface area contributed by atoms with Crippen LogP contribution in [0.1, 0.15) is 13.8 Å². The molecule has 3 N–H and O–H groups in total. The van der Waals surface area contributed by atoms with Crippen molar-refractivity contribution in [1.29, 1.82) is 0 Å². The number of nitrogen functional groups attached to an aromatic ring is 1. The van der Waals surface area contributed by atoms with Crippen LogP contribution in [0.15, 0.2) is 30.5 Å². The van der Waals surface area contributed by atoms with Gasteiger partial charge in [0.05, 0.1) is 18.4 Å². The van der Waals surface area contributed by atoms with Crippen LogP contribution in [0.5, 0.6) is 0 Å². The lowest BCUT2D eigenvalue weighted by atomic mass is 10.1. The summed E-state index contributed by atoms with van der Waals surface area (Å²) in [6.45, 7) is 6.05. The van der Waals surface area contributed by atoms with Crippen LogP contribution in [0.3, 0.4) is 0 Å². The van der Waals surface area contributed by atoms with Gasteiger partial charge in [-0.3, -0.25) is 5.10 Å². The van der Waals surface area contributed by atoms with Gasteiger partial charge in [0, 0.05) is 24.3 Å². The fourth-order valence-corrected chi connectivity index (χ4v) is 2.79. The number of ether oxygens (including phenoxy) is 1. The minimum atomic E-state index is 0.251. The lowest BCUT2D eigenvalue weighted by molar-refractivity contribution is -0.00521. The highest BCUT2D eigenvalue weighted by Crippen LogP contribution is 2.28. The molecule has 0 aliphatic carbocycles. The topological polar surface area (TPSA) is 67.2 Å². The predicted molar refractivity (Wildman–Crippen MR) is 80.7 cm³/mol. The molecule has 1 aromatic carbocycles. The first-order chi connectivity index (χ1) is 9.63. The van der Waals surface area contributed by atoms with Crippen LogP contribution in [-0.2, 0) is 4.74 Å². The number of hydrogen-bond donors (Lipinski definition) is 2. The Bertz CT molecular complexity index is 585. The predicted octanol–water partition coefficient (Wildman–Crippen LogP) is 2.27. The highest BCUT2D eigenvalue weighted by Gasteiger charge is 2.22. The molecule has 3 rings (SSSR count). The van der Waals surface area contributed by atoms with Crippen LogP contribution in [0.4, 0.5) is 11.5 Å². The molecule has 20 heavy (non-hydrogen) atoms. The van der Waals surface area contributed by atoms with Crippen molar-refractivity contribution in [3.8, 4) is 11.1 Å². The molecule has 2 unspecified atom stereocenters. The Balaban J connectivity index is 1.90. The summed E-state index contributed by atoms with van der Waals surface area (Å²) in [5.41, 5.74) is 9.12. The number of benzene rings is 1. The van der Waals surface area contributed by atoms with Gasteiger partial charge in [-0.15, -0.1) is 0 Å². The Morgan fingerprint density at radius 2 is 2.05 bits per heavy atom. The van der Waals surface area contributed by atoms with E-state index in [0.29, 0.717) is 5.82 Å². The van der Waals surface area contributed by atoms with E-state index in [4.69, 9.17) is 10.5 Å². The van der Waals surface area contributed by atoms with Crippen LogP contribution in [0.2, 0.25) is 0 Å². The van der Waals surface area contributed by atoms with Crippen LogP contribution in [0.25, 0.3) is 11.1 Å². The van der Waals surface area contributed by atoms with Crippen LogP contribution in [0, 0.1) is 0 Å². The normalized spacial score (nSPS) is 23.0. The van der Waals surface area contributed by atoms with Gasteiger partial charge in [-0.25, -0.2) is 0 Å². The summed E-state index contributed by atoms with van der Waals surface area (Å²) in [5, 5.41) is 6.76. The first-order valence-corrected chi connectivity index (χ1v) is 6.93. The largest absolute Gasteiger partial charge is 0.384 e. The van der Waals surface area contributed by atoms with Crippen molar-refractivity contribution < 1.29 is 4.74 Å². The zero-order valence-corrected chi connectivity index (χ0v) is 11.8. The lowest BCUT2D eigenvalue weighted by Gasteiger charge is -2.37. The molecule has 0 radical (unpaired) electrons. The van der Waals surface area contributed by atoms with Crippen LogP contribution in [-0.4, -0.2) is 35.5 Å². The Morgan fingerprint density at radius 3 is 2.70 bits per heavy atom. The van der Waals surface area contributed by atoms with Crippen molar-refractivity contribution in [2.45, 2.75) is 26.1 Å². The second kappa shape index (κ2) is 5.17. The average molecular weight is 272 g/mol. The molecule has 5 heteroatoms. The molecule has 0 saturated carbocycles. The zero-order valence-electron chi connectivity index (χ0n) is 11.8. The van der Waals surface area contributed by atoms with Crippen LogP contribution < -0.4 is 10.6 Å². The maximum Gasteiger partial charge on any atom is 0.126 e. The van der Waals surface area contributed by atoms with E-state index in [1.165, 1.54) is 5.69 Å². The number of aromatic amines is 1. The Hall–Kier alpha value is -2.01. The maximum atomic E-state index is 5.89. The average Bonchev–Trinajstić information content (AvgIpc) is 2.84. The quantitative estimate of drug-likeness (QED) is 0.880. The molecule has 106 valence electrons. The summed E-state index contributed by atoms with van der Waals surface area (Å²) in [6, 6.07) is 8.40. The van der Waals surface area contributed by atoms with Crippen molar-refractivity contribution in [2.24, 2.45) is 0 Å². The van der Waals surface area contributed by atoms with E-state index >= 15 is 0 Å². The van der Waals surface area contributed by atoms with E-state index in [-0.39, 0.29) is 12.2 Å². The molecule has 2 atom stereocenters. The molecule has 1 aliphatic heterocycles. The first kappa shape index (κ1) is 13.0. The highest BCUT2D eigenvalue weighted by atomic mass is 16.5. The van der Waals surface area contributed by atoms with Gasteiger partial charge < -0.3 is 15.4 Å². The maximum absolute atomic E-state index is 5.89. The van der Waals surface area contributed by atoms with Crippen molar-refractivity contribution in [2.75, 3.05) is 23.7 Å². The van der Waals surface area contributed by atoms with Crippen LogP contribution >= 0.6 is 0 Å². The van der Waals surface area contributed by atoms with Gasteiger partial charge in [0.1, 0.15) is 5.82 Å². The molecule has 2 heterocycles. The van der Waals surface area contributed by atoms with Crippen molar-refractivity contribution in [3.05, 3.63) is 30.5 Å². The minimum Gasteiger partial charge on any atom is -0.384 e. The molecule has 1 fully saturated rings. The second-order valence-corrected chi connectivity index (χ2v) is 5.41. The van der Waals surface area contributed by atoms with Gasteiger partial charge in [0.2, 0.25) is 0 Å². The molecule has 1 aliphatic rings. The number of hydrogen-bond acceptors (Lipinski definition) is 4. The summed E-state index contributed by atoms with van der Waals surface area (Å²) in [5.74, 6) is 0.603. The molecular formula is C15H20N4O. The van der Waals surface area contributed by atoms with Crippen molar-refractivity contribution in [3.63, 3.8) is 0 Å². The van der Waals surface area contributed by atoms with Gasteiger partial charge >= 0.3 is 0 Å². The molecule has 0 amide bonds. The SMILES string of the molecule is CC1CN(c2cccc(-c3cn[nH]c3N)c2)CC(C)O1. The number of nitrogens with two attached hydrogens (primary N) is 1. The third-order valence-electron chi connectivity index (χ3n) is 3.61. The van der Waals surface area contributed by atoms with E-state index in [1.54, 1.807) is 6.20 Å².